The van der Waals surface area contributed by atoms with Crippen molar-refractivity contribution in [1.29, 1.82) is 0 Å². The number of rotatable bonds is 8. The molecule has 1 aliphatic heterocycles. The maximum Gasteiger partial charge on any atom is 0.490 e. The zero-order valence-electron chi connectivity index (χ0n) is 16.2. The molecule has 1 saturated heterocycles. The largest absolute Gasteiger partial charge is 0.490 e. The summed E-state index contributed by atoms with van der Waals surface area (Å²) in [7, 11) is -17.0. The average molecular weight is 556 g/mol. The molecule has 8 N–H and O–H groups in total. The van der Waals surface area contributed by atoms with Crippen LogP contribution in [0.4, 0.5) is 5.82 Å². The Hall–Kier alpha value is -1.18. The molecule has 33 heavy (non-hydrogen) atoms. The Morgan fingerprint density at radius 2 is 1.88 bits per heavy atom. The molecular formula is C12H17ClN3O14P3. The van der Waals surface area contributed by atoms with Crippen LogP contribution in [0.3, 0.4) is 0 Å². The van der Waals surface area contributed by atoms with Crippen molar-refractivity contribution in [3.8, 4) is 11.3 Å². The Morgan fingerprint density at radius 1 is 1.27 bits per heavy atom. The lowest BCUT2D eigenvalue weighted by atomic mass is 9.95. The number of nitrogens with zero attached hydrogens (tertiary/aromatic N) is 2. The fourth-order valence-corrected chi connectivity index (χ4v) is 5.94. The number of aliphatic hydroxyl groups excluding tert-OH is 1. The Bertz CT molecular complexity index is 1180. The average Bonchev–Trinajstić information content (AvgIpc) is 2.81. The van der Waals surface area contributed by atoms with Gasteiger partial charge < -0.3 is 40.3 Å². The highest BCUT2D eigenvalue weighted by molar-refractivity contribution is 7.66. The van der Waals surface area contributed by atoms with E-state index in [0.29, 0.717) is 0 Å². The predicted molar refractivity (Wildman–Crippen MR) is 106 cm³/mol. The molecule has 1 aromatic rings. The molecule has 6 atom stereocenters. The van der Waals surface area contributed by atoms with E-state index in [0.717, 1.165) is 4.57 Å². The van der Waals surface area contributed by atoms with Gasteiger partial charge in [-0.2, -0.15) is 13.6 Å². The third kappa shape index (κ3) is 6.92. The number of aryl methyl sites for hydroxylation is 1. The standard InChI is InChI=1S/C12H17ClN3O14P3/c1-6-4-8(14)15-11(18)16(6)10-12(19,2-3-13)9(17)7(28-10)5-27-32(23,24)30-33(25,26)29-31(20,21)22/h4,7,9-10,17,19H,5H2,1H3,(H,23,24)(H,25,26)(H2,14,15,18)(H2,20,21,22)/t7-,9?,10-,12-/m1/s1. The number of nitrogens with two attached hydrogens (primary N) is 1. The van der Waals surface area contributed by atoms with Crippen LogP contribution in [0, 0.1) is 18.2 Å². The fraction of sp³-hybridized carbons (Fsp3) is 0.500. The molecule has 0 saturated carbocycles. The molecule has 21 heteroatoms. The number of hydrogen-bond donors (Lipinski definition) is 7. The highest BCUT2D eigenvalue weighted by Crippen LogP contribution is 2.66. The first kappa shape index (κ1) is 28.1. The minimum Gasteiger partial charge on any atom is -0.386 e. The summed E-state index contributed by atoms with van der Waals surface area (Å²) in [6.07, 6.45) is -5.56. The van der Waals surface area contributed by atoms with Crippen LogP contribution in [0.15, 0.2) is 10.9 Å². The highest BCUT2D eigenvalue weighted by Gasteiger charge is 2.57. The minimum atomic E-state index is -5.79. The molecule has 2 rings (SSSR count). The summed E-state index contributed by atoms with van der Waals surface area (Å²) in [6, 6.07) is 1.23. The summed E-state index contributed by atoms with van der Waals surface area (Å²) in [5.74, 6) is 1.88. The van der Waals surface area contributed by atoms with Gasteiger partial charge in [-0.05, 0) is 30.5 Å². The van der Waals surface area contributed by atoms with E-state index in [2.05, 4.69) is 18.1 Å². The van der Waals surface area contributed by atoms with Gasteiger partial charge in [-0.1, -0.05) is 0 Å². The van der Waals surface area contributed by atoms with Crippen molar-refractivity contribution < 1.29 is 61.4 Å². The van der Waals surface area contributed by atoms with Crippen molar-refractivity contribution in [2.24, 2.45) is 0 Å². The topological polar surface area (TPSA) is 270 Å². The number of aliphatic hydroxyl groups is 2. The second-order valence-electron chi connectivity index (χ2n) is 6.38. The summed E-state index contributed by atoms with van der Waals surface area (Å²) < 4.78 is 51.5. The van der Waals surface area contributed by atoms with E-state index >= 15 is 0 Å². The lowest BCUT2D eigenvalue weighted by molar-refractivity contribution is -0.0770. The molecule has 1 aromatic heterocycles. The van der Waals surface area contributed by atoms with E-state index < -0.39 is 59.8 Å². The molecule has 186 valence electrons. The summed E-state index contributed by atoms with van der Waals surface area (Å²) in [6.45, 7) is 0.243. The van der Waals surface area contributed by atoms with Gasteiger partial charge >= 0.3 is 29.2 Å². The molecule has 0 amide bonds. The molecule has 2 heterocycles. The zero-order chi connectivity index (χ0) is 25.4. The van der Waals surface area contributed by atoms with Crippen LogP contribution >= 0.6 is 35.1 Å². The molecule has 1 fully saturated rings. The SMILES string of the molecule is Cc1cc(N)nc(=O)n1[C@@H]1O[C@H](COP(=O)(O)OP(=O)(O)OP(=O)(O)O)C(O)[C@]1(O)C#CCl. The van der Waals surface area contributed by atoms with E-state index in [9.17, 15) is 33.6 Å². The number of phosphoric acid groups is 3. The number of hydrogen-bond acceptors (Lipinski definition) is 12. The van der Waals surface area contributed by atoms with E-state index in [1.165, 1.54) is 13.0 Å². The van der Waals surface area contributed by atoms with Crippen molar-refractivity contribution >= 4 is 40.9 Å². The van der Waals surface area contributed by atoms with Gasteiger partial charge in [0.15, 0.2) is 6.23 Å². The number of aromatic nitrogens is 2. The summed E-state index contributed by atoms with van der Waals surface area (Å²) in [5.41, 5.74) is 1.97. The summed E-state index contributed by atoms with van der Waals surface area (Å²) >= 11 is 5.33. The Labute approximate surface area is 189 Å². The first-order valence-electron chi connectivity index (χ1n) is 8.23. The van der Waals surface area contributed by atoms with Crippen LogP contribution in [0.5, 0.6) is 0 Å². The van der Waals surface area contributed by atoms with Crippen LogP contribution in [-0.2, 0) is 31.6 Å². The van der Waals surface area contributed by atoms with Crippen LogP contribution in [-0.4, -0.2) is 63.8 Å². The van der Waals surface area contributed by atoms with Crippen molar-refractivity contribution in [1.82, 2.24) is 9.55 Å². The first-order chi connectivity index (χ1) is 14.9. The normalized spacial score (nSPS) is 29.0. The maximum absolute atomic E-state index is 12.3. The minimum absolute atomic E-state index is 0.105. The van der Waals surface area contributed by atoms with E-state index in [4.69, 9.17) is 36.8 Å². The highest BCUT2D eigenvalue weighted by atomic mass is 35.5. The summed E-state index contributed by atoms with van der Waals surface area (Å²) in [5, 5.41) is 23.1. The zero-order valence-corrected chi connectivity index (χ0v) is 19.6. The molecular weight excluding hydrogens is 539 g/mol. The van der Waals surface area contributed by atoms with Crippen molar-refractivity contribution in [2.75, 3.05) is 12.3 Å². The van der Waals surface area contributed by atoms with E-state index in [-0.39, 0.29) is 11.5 Å². The molecule has 0 radical (unpaired) electrons. The van der Waals surface area contributed by atoms with Gasteiger partial charge in [-0.25, -0.2) is 18.5 Å². The monoisotopic (exact) mass is 555 g/mol. The molecule has 0 bridgehead atoms. The fourth-order valence-electron chi connectivity index (χ4n) is 2.76. The van der Waals surface area contributed by atoms with Crippen LogP contribution < -0.4 is 11.4 Å². The number of ether oxygens (including phenoxy) is 1. The van der Waals surface area contributed by atoms with Crippen LogP contribution in [0.25, 0.3) is 0 Å². The van der Waals surface area contributed by atoms with Crippen molar-refractivity contribution in [3.05, 3.63) is 22.2 Å². The smallest absolute Gasteiger partial charge is 0.386 e. The number of halogens is 1. The Morgan fingerprint density at radius 3 is 2.39 bits per heavy atom. The van der Waals surface area contributed by atoms with Gasteiger partial charge in [0.1, 0.15) is 18.0 Å². The lowest BCUT2D eigenvalue weighted by Gasteiger charge is -2.27. The molecule has 0 aromatic carbocycles. The molecule has 0 spiro atoms. The molecule has 17 nitrogen and oxygen atoms in total. The lowest BCUT2D eigenvalue weighted by Crippen LogP contribution is -2.48. The number of phosphoric ester groups is 1. The number of anilines is 1. The first-order valence-corrected chi connectivity index (χ1v) is 13.1. The van der Waals surface area contributed by atoms with Gasteiger partial charge in [-0.3, -0.25) is 9.09 Å². The van der Waals surface area contributed by atoms with Gasteiger partial charge in [0.2, 0.25) is 5.60 Å². The van der Waals surface area contributed by atoms with E-state index in [1.807, 2.05) is 11.3 Å². The third-order valence-electron chi connectivity index (χ3n) is 3.95. The van der Waals surface area contributed by atoms with Crippen molar-refractivity contribution in [2.45, 2.75) is 31.0 Å². The van der Waals surface area contributed by atoms with E-state index in [1.54, 1.807) is 0 Å². The second kappa shape index (κ2) is 9.82. The second-order valence-corrected chi connectivity index (χ2v) is 11.0. The van der Waals surface area contributed by atoms with Crippen LogP contribution in [0.2, 0.25) is 0 Å². The predicted octanol–water partition coefficient (Wildman–Crippen LogP) is -1.33. The Kier molecular flexibility index (Phi) is 8.35. The van der Waals surface area contributed by atoms with Gasteiger partial charge in [0.25, 0.3) is 0 Å². The Balaban J connectivity index is 2.28. The summed E-state index contributed by atoms with van der Waals surface area (Å²) in [4.78, 5) is 51.5. The third-order valence-corrected chi connectivity index (χ3v) is 7.85. The molecule has 0 aliphatic carbocycles. The van der Waals surface area contributed by atoms with Gasteiger partial charge in [0.05, 0.1) is 6.61 Å². The van der Waals surface area contributed by atoms with Crippen molar-refractivity contribution in [3.63, 3.8) is 0 Å². The molecule has 1 aliphatic rings. The maximum atomic E-state index is 12.3. The van der Waals surface area contributed by atoms with Gasteiger partial charge in [0, 0.05) is 11.1 Å². The molecule has 3 unspecified atom stereocenters. The van der Waals surface area contributed by atoms with Gasteiger partial charge in [-0.15, -0.1) is 0 Å². The number of nitrogen functional groups attached to an aromatic ring is 1. The quantitative estimate of drug-likeness (QED) is 0.144. The van der Waals surface area contributed by atoms with Crippen LogP contribution in [0.1, 0.15) is 11.9 Å².